The van der Waals surface area contributed by atoms with E-state index < -0.39 is 35.6 Å². The first-order chi connectivity index (χ1) is 19.7. The Morgan fingerprint density at radius 1 is 0.976 bits per heavy atom. The van der Waals surface area contributed by atoms with Gasteiger partial charge in [-0.15, -0.1) is 0 Å². The van der Waals surface area contributed by atoms with Crippen LogP contribution in [0.15, 0.2) is 66.9 Å². The first kappa shape index (κ1) is 31.3. The maximum absolute atomic E-state index is 13.2. The molecule has 3 N–H and O–H groups in total. The van der Waals surface area contributed by atoms with Crippen molar-refractivity contribution in [3.63, 3.8) is 0 Å². The molecule has 0 spiro atoms. The summed E-state index contributed by atoms with van der Waals surface area (Å²) in [4.78, 5) is 41.3. The number of aromatic nitrogens is 1. The van der Waals surface area contributed by atoms with E-state index in [1.165, 1.54) is 43.6 Å². The van der Waals surface area contributed by atoms with E-state index in [9.17, 15) is 18.8 Å². The van der Waals surface area contributed by atoms with Crippen LogP contribution in [-0.2, 0) is 14.4 Å². The second-order valence-electron chi connectivity index (χ2n) is 9.23. The van der Waals surface area contributed by atoms with Gasteiger partial charge >= 0.3 is 43.7 Å². The summed E-state index contributed by atoms with van der Waals surface area (Å²) in [5.41, 5.74) is -0.194. The topological polar surface area (TPSA) is 136 Å². The number of carboxylic acid groups (broad SMARTS) is 1. The molecular formula is C29H25CaClFN3O7. The monoisotopic (exact) mass is 621 g/mol. The summed E-state index contributed by atoms with van der Waals surface area (Å²) in [7, 11) is 1.42. The molecule has 4 aromatic rings. The van der Waals surface area contributed by atoms with Crippen molar-refractivity contribution >= 4 is 89.4 Å². The Hall–Kier alpha value is -3.64. The van der Waals surface area contributed by atoms with Crippen LogP contribution in [0.1, 0.15) is 12.8 Å². The number of amides is 2. The van der Waals surface area contributed by atoms with Crippen molar-refractivity contribution in [1.29, 1.82) is 0 Å². The predicted molar refractivity (Wildman–Crippen MR) is 157 cm³/mol. The molecule has 214 valence electrons. The van der Waals surface area contributed by atoms with E-state index in [-0.39, 0.29) is 65.7 Å². The Morgan fingerprint density at radius 3 is 2.36 bits per heavy atom. The molecule has 42 heavy (non-hydrogen) atoms. The number of carboxylic acids is 1. The minimum atomic E-state index is -1.27. The second kappa shape index (κ2) is 13.1. The number of halogens is 2. The fraction of sp³-hybridized carbons (Fsp3) is 0.172. The van der Waals surface area contributed by atoms with E-state index in [1.807, 2.05) is 0 Å². The normalized spacial score (nSPS) is 12.9. The van der Waals surface area contributed by atoms with Crippen LogP contribution >= 0.6 is 11.6 Å². The summed E-state index contributed by atoms with van der Waals surface area (Å²) in [5, 5.41) is 15.0. The van der Waals surface area contributed by atoms with Gasteiger partial charge in [-0.3, -0.25) is 14.6 Å². The zero-order valence-electron chi connectivity index (χ0n) is 21.6. The van der Waals surface area contributed by atoms with E-state index >= 15 is 0 Å². The van der Waals surface area contributed by atoms with Crippen LogP contribution in [0.5, 0.6) is 23.0 Å². The molecule has 1 aromatic heterocycles. The van der Waals surface area contributed by atoms with E-state index in [1.54, 1.807) is 30.3 Å². The predicted octanol–water partition coefficient (Wildman–Crippen LogP) is 4.73. The SMILES string of the molecule is COc1cc2c(Oc3cccc(NC(=O)C4(C(=O)Nc5ccc(F)cc5)CC4)c3Cl)ccnc2cc1OCC(=O)O.[CaH2]. The van der Waals surface area contributed by atoms with Crippen molar-refractivity contribution in [3.05, 3.63) is 77.7 Å². The Labute approximate surface area is 274 Å². The number of nitrogens with one attached hydrogen (secondary N) is 2. The van der Waals surface area contributed by atoms with E-state index in [0.717, 1.165) is 0 Å². The van der Waals surface area contributed by atoms with Crippen molar-refractivity contribution in [2.24, 2.45) is 5.41 Å². The molecule has 5 rings (SSSR count). The molecule has 3 aromatic carbocycles. The van der Waals surface area contributed by atoms with E-state index in [2.05, 4.69) is 15.6 Å². The third-order valence-electron chi connectivity index (χ3n) is 6.49. The number of hydrogen-bond acceptors (Lipinski definition) is 7. The number of fused-ring (bicyclic) bond motifs is 1. The second-order valence-corrected chi connectivity index (χ2v) is 9.61. The van der Waals surface area contributed by atoms with E-state index in [0.29, 0.717) is 35.2 Å². The summed E-state index contributed by atoms with van der Waals surface area (Å²) in [5.74, 6) is -1.53. The molecule has 2 amide bonds. The van der Waals surface area contributed by atoms with Crippen LogP contribution in [-0.4, -0.2) is 79.3 Å². The first-order valence-electron chi connectivity index (χ1n) is 12.4. The van der Waals surface area contributed by atoms with Crippen LogP contribution in [0.25, 0.3) is 10.9 Å². The molecule has 1 saturated carbocycles. The number of rotatable bonds is 10. The molecule has 1 aliphatic carbocycles. The zero-order chi connectivity index (χ0) is 29.1. The van der Waals surface area contributed by atoms with Gasteiger partial charge in [0.25, 0.3) is 0 Å². The average Bonchev–Trinajstić information content (AvgIpc) is 3.77. The third kappa shape index (κ3) is 6.70. The number of aliphatic carboxylic acids is 1. The van der Waals surface area contributed by atoms with Crippen molar-refractivity contribution in [1.82, 2.24) is 4.98 Å². The maximum atomic E-state index is 13.2. The number of anilines is 2. The van der Waals surface area contributed by atoms with Gasteiger partial charge < -0.3 is 30.0 Å². The molecule has 0 unspecified atom stereocenters. The van der Waals surface area contributed by atoms with Gasteiger partial charge in [0.1, 0.15) is 27.8 Å². The Balaban J connectivity index is 0.00000405. The number of carbonyl (C=O) groups excluding carboxylic acids is 2. The number of methoxy groups -OCH3 is 1. The zero-order valence-corrected chi connectivity index (χ0v) is 22.3. The number of carbonyl (C=O) groups is 3. The molecule has 13 heteroatoms. The van der Waals surface area contributed by atoms with Crippen molar-refractivity contribution < 1.29 is 38.1 Å². The number of benzene rings is 3. The van der Waals surface area contributed by atoms with Gasteiger partial charge in [0, 0.05) is 23.3 Å². The molecule has 1 heterocycles. The standard InChI is InChI=1S/C29H23ClFN3O7.Ca.2H/c1-39-23-13-18-20(14-24(23)40-15-25(35)36)32-12-9-21(18)41-22-4-2-3-19(26(22)30)34-28(38)29(10-11-29)27(37)33-17-7-5-16(31)6-8-17;;;/h2-9,12-14H,10-11,15H2,1H3,(H,33,37)(H,34,38)(H,35,36);;;. The Morgan fingerprint density at radius 2 is 1.69 bits per heavy atom. The van der Waals surface area contributed by atoms with Gasteiger partial charge in [-0.2, -0.15) is 0 Å². The quantitative estimate of drug-likeness (QED) is 0.171. The number of hydrogen-bond donors (Lipinski definition) is 3. The molecule has 1 aliphatic rings. The molecule has 0 bridgehead atoms. The molecule has 0 atom stereocenters. The third-order valence-corrected chi connectivity index (χ3v) is 6.88. The molecular weight excluding hydrogens is 597 g/mol. The fourth-order valence-electron chi connectivity index (χ4n) is 4.14. The molecule has 0 saturated heterocycles. The number of nitrogens with zero attached hydrogens (tertiary/aromatic N) is 1. The summed E-state index contributed by atoms with van der Waals surface area (Å²) in [6.07, 6.45) is 2.20. The van der Waals surface area contributed by atoms with Crippen LogP contribution < -0.4 is 24.8 Å². The van der Waals surface area contributed by atoms with Gasteiger partial charge in [-0.25, -0.2) is 9.18 Å². The van der Waals surface area contributed by atoms with Crippen LogP contribution in [0.2, 0.25) is 5.02 Å². The minimum absolute atomic E-state index is 0. The fourth-order valence-corrected chi connectivity index (χ4v) is 4.35. The van der Waals surface area contributed by atoms with Crippen LogP contribution in [0, 0.1) is 11.2 Å². The molecule has 1 fully saturated rings. The summed E-state index contributed by atoms with van der Waals surface area (Å²) in [6, 6.07) is 14.9. The molecule has 0 aliphatic heterocycles. The van der Waals surface area contributed by atoms with Gasteiger partial charge in [-0.05, 0) is 61.4 Å². The molecule has 0 radical (unpaired) electrons. The average molecular weight is 622 g/mol. The van der Waals surface area contributed by atoms with E-state index in [4.69, 9.17) is 30.9 Å². The summed E-state index contributed by atoms with van der Waals surface area (Å²) < 4.78 is 30.0. The van der Waals surface area contributed by atoms with Crippen LogP contribution in [0.4, 0.5) is 15.8 Å². The van der Waals surface area contributed by atoms with Gasteiger partial charge in [-0.1, -0.05) is 17.7 Å². The summed E-state index contributed by atoms with van der Waals surface area (Å²) in [6.45, 7) is -0.554. The van der Waals surface area contributed by atoms with Gasteiger partial charge in [0.2, 0.25) is 11.8 Å². The van der Waals surface area contributed by atoms with Gasteiger partial charge in [0.05, 0.1) is 18.3 Å². The van der Waals surface area contributed by atoms with Crippen LogP contribution in [0.3, 0.4) is 0 Å². The van der Waals surface area contributed by atoms with Crippen molar-refractivity contribution in [2.75, 3.05) is 24.4 Å². The van der Waals surface area contributed by atoms with Crippen molar-refractivity contribution in [3.8, 4) is 23.0 Å². The number of pyridine rings is 1. The first-order valence-corrected chi connectivity index (χ1v) is 12.7. The number of ether oxygens (including phenoxy) is 3. The van der Waals surface area contributed by atoms with Crippen molar-refractivity contribution in [2.45, 2.75) is 12.8 Å². The molecule has 10 nitrogen and oxygen atoms in total. The Bertz CT molecular complexity index is 1670. The summed E-state index contributed by atoms with van der Waals surface area (Å²) >= 11 is 6.61. The Kier molecular flexibility index (Phi) is 9.78. The van der Waals surface area contributed by atoms with Gasteiger partial charge in [0.15, 0.2) is 18.1 Å².